The quantitative estimate of drug-likeness (QED) is 0.885. The first kappa shape index (κ1) is 15.0. The lowest BCUT2D eigenvalue weighted by Crippen LogP contribution is -2.39. The van der Waals surface area contributed by atoms with E-state index in [4.69, 9.17) is 0 Å². The Kier molecular flexibility index (Phi) is 5.38. The number of thiophene rings is 1. The molecule has 0 radical (unpaired) electrons. The molecule has 1 atom stereocenters. The minimum atomic E-state index is -0.267. The molecule has 6 heteroatoms. The summed E-state index contributed by atoms with van der Waals surface area (Å²) < 4.78 is 1.09. The Morgan fingerprint density at radius 3 is 2.95 bits per heavy atom. The van der Waals surface area contributed by atoms with Gasteiger partial charge in [0.05, 0.1) is 23.0 Å². The first-order valence-corrected chi connectivity index (χ1v) is 8.12. The summed E-state index contributed by atoms with van der Waals surface area (Å²) in [5.74, 6) is 0.140. The van der Waals surface area contributed by atoms with Crippen LogP contribution in [0.1, 0.15) is 18.2 Å². The molecular formula is C13H19BrN2O2S. The van der Waals surface area contributed by atoms with Crippen molar-refractivity contribution in [1.82, 2.24) is 9.80 Å². The highest BCUT2D eigenvalue weighted by Gasteiger charge is 2.24. The van der Waals surface area contributed by atoms with Crippen molar-refractivity contribution in [2.45, 2.75) is 26.0 Å². The number of nitrogens with zero attached hydrogens (tertiary/aromatic N) is 2. The zero-order chi connectivity index (χ0) is 13.8. The fourth-order valence-electron chi connectivity index (χ4n) is 2.25. The van der Waals surface area contributed by atoms with Crippen molar-refractivity contribution in [3.05, 3.63) is 20.8 Å². The van der Waals surface area contributed by atoms with E-state index in [0.717, 1.165) is 16.8 Å². The molecule has 0 aromatic carbocycles. The SMILES string of the molecule is CCN(Cc1ccc(Br)s1)C(=O)CN1CC[C@H](O)C1. The molecule has 19 heavy (non-hydrogen) atoms. The molecule has 1 aliphatic heterocycles. The Bertz CT molecular complexity index is 438. The van der Waals surface area contributed by atoms with Gasteiger partial charge in [0.1, 0.15) is 0 Å². The van der Waals surface area contributed by atoms with Crippen LogP contribution in [-0.4, -0.2) is 53.1 Å². The minimum Gasteiger partial charge on any atom is -0.392 e. The maximum absolute atomic E-state index is 12.2. The average molecular weight is 347 g/mol. The number of carbonyl (C=O) groups excluding carboxylic acids is 1. The van der Waals surface area contributed by atoms with Gasteiger partial charge in [-0.1, -0.05) is 0 Å². The van der Waals surface area contributed by atoms with E-state index in [1.807, 2.05) is 28.9 Å². The van der Waals surface area contributed by atoms with Crippen LogP contribution >= 0.6 is 27.3 Å². The molecule has 0 unspecified atom stereocenters. The number of carbonyl (C=O) groups is 1. The maximum Gasteiger partial charge on any atom is 0.237 e. The Hall–Kier alpha value is -0.430. The van der Waals surface area contributed by atoms with E-state index in [9.17, 15) is 9.90 Å². The average Bonchev–Trinajstić information content (AvgIpc) is 2.95. The predicted octanol–water partition coefficient (Wildman–Crippen LogP) is 1.93. The van der Waals surface area contributed by atoms with Gasteiger partial charge in [0, 0.05) is 24.5 Å². The van der Waals surface area contributed by atoms with Crippen molar-refractivity contribution >= 4 is 33.2 Å². The molecule has 0 aliphatic carbocycles. The summed E-state index contributed by atoms with van der Waals surface area (Å²) in [5.41, 5.74) is 0. The van der Waals surface area contributed by atoms with Gasteiger partial charge in [0.25, 0.3) is 0 Å². The number of aliphatic hydroxyl groups excluding tert-OH is 1. The Labute approximate surface area is 126 Å². The number of aliphatic hydroxyl groups is 1. The molecule has 0 spiro atoms. The van der Waals surface area contributed by atoms with E-state index >= 15 is 0 Å². The lowest BCUT2D eigenvalue weighted by atomic mass is 10.3. The van der Waals surface area contributed by atoms with Crippen LogP contribution in [0, 0.1) is 0 Å². The molecule has 1 aromatic rings. The Morgan fingerprint density at radius 1 is 1.63 bits per heavy atom. The van der Waals surface area contributed by atoms with Gasteiger partial charge in [0.15, 0.2) is 0 Å². The number of halogens is 1. The van der Waals surface area contributed by atoms with E-state index in [1.54, 1.807) is 11.3 Å². The summed E-state index contributed by atoms with van der Waals surface area (Å²) in [6.07, 6.45) is 0.508. The second-order valence-electron chi connectivity index (χ2n) is 4.79. The van der Waals surface area contributed by atoms with Gasteiger partial charge in [-0.25, -0.2) is 0 Å². The van der Waals surface area contributed by atoms with Crippen molar-refractivity contribution in [2.24, 2.45) is 0 Å². The third-order valence-electron chi connectivity index (χ3n) is 3.32. The molecule has 4 nitrogen and oxygen atoms in total. The normalized spacial score (nSPS) is 19.8. The zero-order valence-electron chi connectivity index (χ0n) is 11.0. The zero-order valence-corrected chi connectivity index (χ0v) is 13.4. The number of β-amino-alcohol motifs (C(OH)–C–C–N with tert-alkyl or cyclic N) is 1. The second kappa shape index (κ2) is 6.83. The van der Waals surface area contributed by atoms with Crippen LogP contribution < -0.4 is 0 Å². The maximum atomic E-state index is 12.2. The van der Waals surface area contributed by atoms with E-state index < -0.39 is 0 Å². The van der Waals surface area contributed by atoms with Crippen LogP contribution in [0.25, 0.3) is 0 Å². The van der Waals surface area contributed by atoms with Crippen LogP contribution in [0.15, 0.2) is 15.9 Å². The molecule has 1 fully saturated rings. The van der Waals surface area contributed by atoms with Gasteiger partial charge in [-0.15, -0.1) is 11.3 Å². The van der Waals surface area contributed by atoms with Gasteiger partial charge < -0.3 is 10.0 Å². The summed E-state index contributed by atoms with van der Waals surface area (Å²) in [6, 6.07) is 4.06. The number of likely N-dealkylation sites (tertiary alicyclic amines) is 1. The molecular weight excluding hydrogens is 328 g/mol. The van der Waals surface area contributed by atoms with Crippen molar-refractivity contribution in [1.29, 1.82) is 0 Å². The van der Waals surface area contributed by atoms with Gasteiger partial charge >= 0.3 is 0 Å². The summed E-state index contributed by atoms with van der Waals surface area (Å²) in [7, 11) is 0. The highest BCUT2D eigenvalue weighted by atomic mass is 79.9. The predicted molar refractivity (Wildman–Crippen MR) is 80.2 cm³/mol. The topological polar surface area (TPSA) is 43.8 Å². The number of amides is 1. The second-order valence-corrected chi connectivity index (χ2v) is 7.34. The fraction of sp³-hybridized carbons (Fsp3) is 0.615. The van der Waals surface area contributed by atoms with Gasteiger partial charge in [-0.3, -0.25) is 9.69 Å². The standard InChI is InChI=1S/C13H19BrN2O2S/c1-2-16(8-11-3-4-12(14)19-11)13(18)9-15-6-5-10(17)7-15/h3-4,10,17H,2,5-9H2,1H3/t10-/m0/s1. The van der Waals surface area contributed by atoms with Gasteiger partial charge in [-0.2, -0.15) is 0 Å². The molecule has 0 saturated carbocycles. The van der Waals surface area contributed by atoms with E-state index in [0.29, 0.717) is 26.2 Å². The van der Waals surface area contributed by atoms with Crippen molar-refractivity contribution in [3.8, 4) is 0 Å². The highest BCUT2D eigenvalue weighted by Crippen LogP contribution is 2.23. The number of hydrogen-bond acceptors (Lipinski definition) is 4. The number of rotatable bonds is 5. The molecule has 1 aliphatic rings. The molecule has 1 aromatic heterocycles. The van der Waals surface area contributed by atoms with Crippen molar-refractivity contribution in [3.63, 3.8) is 0 Å². The number of hydrogen-bond donors (Lipinski definition) is 1. The molecule has 106 valence electrons. The molecule has 1 N–H and O–H groups in total. The third-order valence-corrected chi connectivity index (χ3v) is 4.92. The summed E-state index contributed by atoms with van der Waals surface area (Å²) >= 11 is 5.10. The first-order valence-electron chi connectivity index (χ1n) is 6.51. The largest absolute Gasteiger partial charge is 0.392 e. The number of likely N-dealkylation sites (N-methyl/N-ethyl adjacent to an activating group) is 1. The lowest BCUT2D eigenvalue weighted by Gasteiger charge is -2.23. The molecule has 0 bridgehead atoms. The van der Waals surface area contributed by atoms with Crippen LogP contribution in [0.3, 0.4) is 0 Å². The molecule has 2 heterocycles. The monoisotopic (exact) mass is 346 g/mol. The summed E-state index contributed by atoms with van der Waals surface area (Å²) in [4.78, 5) is 17.3. The Morgan fingerprint density at radius 2 is 2.42 bits per heavy atom. The lowest BCUT2D eigenvalue weighted by molar-refractivity contribution is -0.132. The fourth-order valence-corrected chi connectivity index (χ4v) is 3.75. The molecule has 1 amide bonds. The van der Waals surface area contributed by atoms with Crippen molar-refractivity contribution in [2.75, 3.05) is 26.2 Å². The smallest absolute Gasteiger partial charge is 0.237 e. The highest BCUT2D eigenvalue weighted by molar-refractivity contribution is 9.11. The molecule has 2 rings (SSSR count). The van der Waals surface area contributed by atoms with Crippen LogP contribution in [0.4, 0.5) is 0 Å². The van der Waals surface area contributed by atoms with Gasteiger partial charge in [0.2, 0.25) is 5.91 Å². The summed E-state index contributed by atoms with van der Waals surface area (Å²) in [6.45, 7) is 5.23. The van der Waals surface area contributed by atoms with Crippen LogP contribution in [0.2, 0.25) is 0 Å². The van der Waals surface area contributed by atoms with Crippen LogP contribution in [-0.2, 0) is 11.3 Å². The minimum absolute atomic E-state index is 0.140. The third kappa shape index (κ3) is 4.27. The first-order chi connectivity index (χ1) is 9.08. The van der Waals surface area contributed by atoms with E-state index in [1.165, 1.54) is 4.88 Å². The van der Waals surface area contributed by atoms with Crippen molar-refractivity contribution < 1.29 is 9.90 Å². The summed E-state index contributed by atoms with van der Waals surface area (Å²) in [5, 5.41) is 9.48. The van der Waals surface area contributed by atoms with Gasteiger partial charge in [-0.05, 0) is 41.4 Å². The van der Waals surface area contributed by atoms with E-state index in [2.05, 4.69) is 15.9 Å². The van der Waals surface area contributed by atoms with E-state index in [-0.39, 0.29) is 12.0 Å². The Balaban J connectivity index is 1.88. The molecule has 1 saturated heterocycles. The van der Waals surface area contributed by atoms with Crippen LogP contribution in [0.5, 0.6) is 0 Å².